The van der Waals surface area contributed by atoms with Gasteiger partial charge in [0.25, 0.3) is 0 Å². The highest BCUT2D eigenvalue weighted by molar-refractivity contribution is 9.10. The van der Waals surface area contributed by atoms with Gasteiger partial charge in [-0.05, 0) is 58.6 Å². The summed E-state index contributed by atoms with van der Waals surface area (Å²) in [5.41, 5.74) is 1.26. The maximum atomic E-state index is 5.90. The zero-order chi connectivity index (χ0) is 13.1. The first-order chi connectivity index (χ1) is 9.31. The highest BCUT2D eigenvalue weighted by Gasteiger charge is 2.19. The number of para-hydroxylation sites is 1. The number of nitrogens with one attached hydrogen (secondary N) is 1. The first-order valence-corrected chi connectivity index (χ1v) is 7.35. The SMILES string of the molecule is Brc1ccccc1Oc1cccc(CNC2CC2)c1. The van der Waals surface area contributed by atoms with Crippen molar-refractivity contribution in [3.63, 3.8) is 0 Å². The van der Waals surface area contributed by atoms with Crippen molar-refractivity contribution < 1.29 is 4.74 Å². The van der Waals surface area contributed by atoms with Crippen molar-refractivity contribution in [3.8, 4) is 11.5 Å². The first-order valence-electron chi connectivity index (χ1n) is 6.56. The van der Waals surface area contributed by atoms with Crippen LogP contribution in [0.4, 0.5) is 0 Å². The Morgan fingerprint density at radius 2 is 1.95 bits per heavy atom. The maximum absolute atomic E-state index is 5.90. The molecule has 0 aromatic heterocycles. The molecule has 1 N–H and O–H groups in total. The lowest BCUT2D eigenvalue weighted by molar-refractivity contribution is 0.478. The van der Waals surface area contributed by atoms with Gasteiger partial charge in [0.05, 0.1) is 4.47 Å². The molecule has 0 spiro atoms. The molecule has 0 radical (unpaired) electrons. The van der Waals surface area contributed by atoms with E-state index in [1.807, 2.05) is 36.4 Å². The van der Waals surface area contributed by atoms with E-state index in [2.05, 4.69) is 33.4 Å². The molecule has 3 rings (SSSR count). The quantitative estimate of drug-likeness (QED) is 0.877. The highest BCUT2D eigenvalue weighted by atomic mass is 79.9. The van der Waals surface area contributed by atoms with E-state index < -0.39 is 0 Å². The molecule has 0 bridgehead atoms. The van der Waals surface area contributed by atoms with Crippen LogP contribution in [-0.2, 0) is 6.54 Å². The number of ether oxygens (including phenoxy) is 1. The van der Waals surface area contributed by atoms with E-state index in [4.69, 9.17) is 4.74 Å². The van der Waals surface area contributed by atoms with Crippen LogP contribution in [0.3, 0.4) is 0 Å². The maximum Gasteiger partial charge on any atom is 0.141 e. The molecule has 19 heavy (non-hydrogen) atoms. The van der Waals surface area contributed by atoms with Crippen molar-refractivity contribution in [1.29, 1.82) is 0 Å². The Morgan fingerprint density at radius 3 is 2.74 bits per heavy atom. The largest absolute Gasteiger partial charge is 0.456 e. The fourth-order valence-corrected chi connectivity index (χ4v) is 2.29. The number of hydrogen-bond donors (Lipinski definition) is 1. The fraction of sp³-hybridized carbons (Fsp3) is 0.250. The molecule has 0 saturated heterocycles. The van der Waals surface area contributed by atoms with E-state index in [-0.39, 0.29) is 0 Å². The van der Waals surface area contributed by atoms with Gasteiger partial charge in [-0.2, -0.15) is 0 Å². The van der Waals surface area contributed by atoms with Gasteiger partial charge in [0.1, 0.15) is 11.5 Å². The van der Waals surface area contributed by atoms with E-state index in [9.17, 15) is 0 Å². The van der Waals surface area contributed by atoms with E-state index in [1.165, 1.54) is 18.4 Å². The summed E-state index contributed by atoms with van der Waals surface area (Å²) < 4.78 is 6.87. The van der Waals surface area contributed by atoms with E-state index in [0.29, 0.717) is 0 Å². The van der Waals surface area contributed by atoms with Gasteiger partial charge in [0.2, 0.25) is 0 Å². The van der Waals surface area contributed by atoms with Gasteiger partial charge in [-0.1, -0.05) is 24.3 Å². The van der Waals surface area contributed by atoms with E-state index in [0.717, 1.165) is 28.6 Å². The summed E-state index contributed by atoms with van der Waals surface area (Å²) in [6.45, 7) is 0.915. The number of benzene rings is 2. The summed E-state index contributed by atoms with van der Waals surface area (Å²) in [4.78, 5) is 0. The second-order valence-corrected chi connectivity index (χ2v) is 5.69. The van der Waals surface area contributed by atoms with E-state index >= 15 is 0 Å². The molecule has 98 valence electrons. The molecule has 1 aliphatic rings. The smallest absolute Gasteiger partial charge is 0.141 e. The van der Waals surface area contributed by atoms with Crippen molar-refractivity contribution in [2.75, 3.05) is 0 Å². The van der Waals surface area contributed by atoms with Crippen LogP contribution in [0.15, 0.2) is 53.0 Å². The molecule has 2 nitrogen and oxygen atoms in total. The van der Waals surface area contributed by atoms with Crippen molar-refractivity contribution in [1.82, 2.24) is 5.32 Å². The third-order valence-corrected chi connectivity index (χ3v) is 3.79. The second-order valence-electron chi connectivity index (χ2n) is 4.84. The van der Waals surface area contributed by atoms with Gasteiger partial charge in [0.15, 0.2) is 0 Å². The van der Waals surface area contributed by atoms with Crippen molar-refractivity contribution in [3.05, 3.63) is 58.6 Å². The summed E-state index contributed by atoms with van der Waals surface area (Å²) in [5.74, 6) is 1.72. The molecule has 0 heterocycles. The lowest BCUT2D eigenvalue weighted by atomic mass is 10.2. The summed E-state index contributed by atoms with van der Waals surface area (Å²) in [7, 11) is 0. The van der Waals surface area contributed by atoms with Crippen molar-refractivity contribution >= 4 is 15.9 Å². The molecule has 0 unspecified atom stereocenters. The van der Waals surface area contributed by atoms with Crippen molar-refractivity contribution in [2.24, 2.45) is 0 Å². The molecule has 1 saturated carbocycles. The number of hydrogen-bond acceptors (Lipinski definition) is 2. The van der Waals surface area contributed by atoms with Crippen LogP contribution in [0.2, 0.25) is 0 Å². The molecule has 1 fully saturated rings. The lowest BCUT2D eigenvalue weighted by Crippen LogP contribution is -2.15. The van der Waals surface area contributed by atoms with Gasteiger partial charge in [-0.3, -0.25) is 0 Å². The predicted molar refractivity (Wildman–Crippen MR) is 80.5 cm³/mol. The molecule has 1 aliphatic carbocycles. The number of rotatable bonds is 5. The monoisotopic (exact) mass is 317 g/mol. The minimum absolute atomic E-state index is 0.729. The van der Waals surface area contributed by atoms with Crippen LogP contribution in [0, 0.1) is 0 Å². The first kappa shape index (κ1) is 12.7. The molecule has 3 heteroatoms. The van der Waals surface area contributed by atoms with Crippen molar-refractivity contribution in [2.45, 2.75) is 25.4 Å². The Hall–Kier alpha value is -1.32. The summed E-state index contributed by atoms with van der Waals surface area (Å²) in [5, 5.41) is 3.51. The molecule has 2 aromatic carbocycles. The summed E-state index contributed by atoms with van der Waals surface area (Å²) >= 11 is 3.49. The van der Waals surface area contributed by atoms with Crippen LogP contribution >= 0.6 is 15.9 Å². The molecule has 0 aliphatic heterocycles. The third kappa shape index (κ3) is 3.58. The van der Waals surface area contributed by atoms with Gasteiger partial charge in [0, 0.05) is 12.6 Å². The normalized spacial score (nSPS) is 14.4. The van der Waals surface area contributed by atoms with Crippen LogP contribution < -0.4 is 10.1 Å². The van der Waals surface area contributed by atoms with Gasteiger partial charge < -0.3 is 10.1 Å². The molecular weight excluding hydrogens is 302 g/mol. The molecule has 2 aromatic rings. The average Bonchev–Trinajstić information content (AvgIpc) is 3.24. The average molecular weight is 318 g/mol. The Bertz CT molecular complexity index is 566. The standard InChI is InChI=1S/C16H16BrNO/c17-15-6-1-2-7-16(15)19-14-5-3-4-12(10-14)11-18-13-8-9-13/h1-7,10,13,18H,8-9,11H2. The Morgan fingerprint density at radius 1 is 1.11 bits per heavy atom. The predicted octanol–water partition coefficient (Wildman–Crippen LogP) is 4.49. The Labute approximate surface area is 121 Å². The topological polar surface area (TPSA) is 21.3 Å². The van der Waals surface area contributed by atoms with Crippen LogP contribution in [0.5, 0.6) is 11.5 Å². The fourth-order valence-electron chi connectivity index (χ4n) is 1.92. The zero-order valence-electron chi connectivity index (χ0n) is 10.6. The highest BCUT2D eigenvalue weighted by Crippen LogP contribution is 2.29. The summed E-state index contributed by atoms with van der Waals surface area (Å²) in [6.07, 6.45) is 2.63. The van der Waals surface area contributed by atoms with Gasteiger partial charge in [-0.15, -0.1) is 0 Å². The minimum Gasteiger partial charge on any atom is -0.456 e. The minimum atomic E-state index is 0.729. The van der Waals surface area contributed by atoms with Gasteiger partial charge >= 0.3 is 0 Å². The van der Waals surface area contributed by atoms with Crippen LogP contribution in [0.1, 0.15) is 18.4 Å². The zero-order valence-corrected chi connectivity index (χ0v) is 12.2. The van der Waals surface area contributed by atoms with Crippen LogP contribution in [-0.4, -0.2) is 6.04 Å². The molecule has 0 atom stereocenters. The molecule has 0 amide bonds. The van der Waals surface area contributed by atoms with Crippen LogP contribution in [0.25, 0.3) is 0 Å². The summed E-state index contributed by atoms with van der Waals surface area (Å²) in [6, 6.07) is 16.9. The Kier molecular flexibility index (Phi) is 3.85. The Balaban J connectivity index is 1.70. The third-order valence-electron chi connectivity index (χ3n) is 3.14. The molecular formula is C16H16BrNO. The van der Waals surface area contributed by atoms with E-state index in [1.54, 1.807) is 0 Å². The number of halogens is 1. The second kappa shape index (κ2) is 5.76. The van der Waals surface area contributed by atoms with Gasteiger partial charge in [-0.25, -0.2) is 0 Å². The lowest BCUT2D eigenvalue weighted by Gasteiger charge is -2.09.